The van der Waals surface area contributed by atoms with Crippen molar-refractivity contribution in [2.45, 2.75) is 25.0 Å². The van der Waals surface area contributed by atoms with Crippen molar-refractivity contribution >= 4 is 6.09 Å². The van der Waals surface area contributed by atoms with Crippen molar-refractivity contribution in [1.82, 2.24) is 10.2 Å². The van der Waals surface area contributed by atoms with E-state index >= 15 is 0 Å². The van der Waals surface area contributed by atoms with Crippen molar-refractivity contribution in [3.8, 4) is 0 Å². The summed E-state index contributed by atoms with van der Waals surface area (Å²) in [5, 5.41) is 10.8. The standard InChI is InChI=1S/C6H10N2O2/c9-6(10)7-5-4-2-1-3-8(4)5/h4-5,7H,1-3H2,(H,9,10)/t4-,5?,8?/m1/s1. The predicted molar refractivity (Wildman–Crippen MR) is 34.7 cm³/mol. The summed E-state index contributed by atoms with van der Waals surface area (Å²) in [5.74, 6) is 0. The molecule has 2 heterocycles. The summed E-state index contributed by atoms with van der Waals surface area (Å²) in [6.45, 7) is 1.07. The summed E-state index contributed by atoms with van der Waals surface area (Å²) >= 11 is 0. The molecule has 2 aliphatic heterocycles. The molecule has 2 aliphatic rings. The van der Waals surface area contributed by atoms with Crippen LogP contribution in [0.4, 0.5) is 4.79 Å². The molecule has 2 N–H and O–H groups in total. The number of fused-ring (bicyclic) bond motifs is 1. The van der Waals surface area contributed by atoms with E-state index in [0.29, 0.717) is 6.04 Å². The van der Waals surface area contributed by atoms with E-state index in [9.17, 15) is 4.79 Å². The Morgan fingerprint density at radius 2 is 2.50 bits per heavy atom. The molecule has 0 aromatic carbocycles. The Balaban J connectivity index is 1.84. The highest BCUT2D eigenvalue weighted by atomic mass is 16.4. The first-order valence-electron chi connectivity index (χ1n) is 3.54. The largest absolute Gasteiger partial charge is 0.465 e. The first kappa shape index (κ1) is 5.97. The SMILES string of the molecule is O=C(O)NC1[C@H]2CCCN12. The van der Waals surface area contributed by atoms with Gasteiger partial charge in [-0.1, -0.05) is 0 Å². The third kappa shape index (κ3) is 0.759. The Hall–Kier alpha value is -0.770. The van der Waals surface area contributed by atoms with Crippen molar-refractivity contribution in [3.63, 3.8) is 0 Å². The van der Waals surface area contributed by atoms with Crippen molar-refractivity contribution in [2.24, 2.45) is 0 Å². The van der Waals surface area contributed by atoms with E-state index in [0.717, 1.165) is 13.0 Å². The van der Waals surface area contributed by atoms with Crippen LogP contribution in [0, 0.1) is 0 Å². The normalized spacial score (nSPS) is 42.6. The van der Waals surface area contributed by atoms with E-state index in [1.54, 1.807) is 0 Å². The molecule has 2 fully saturated rings. The number of hydrogen-bond donors (Lipinski definition) is 2. The van der Waals surface area contributed by atoms with Crippen LogP contribution < -0.4 is 5.32 Å². The third-order valence-corrected chi connectivity index (χ3v) is 2.25. The molecule has 4 heteroatoms. The summed E-state index contributed by atoms with van der Waals surface area (Å²) in [6.07, 6.45) is 1.62. The minimum absolute atomic E-state index is 0.145. The van der Waals surface area contributed by atoms with Crippen molar-refractivity contribution < 1.29 is 9.90 Å². The minimum Gasteiger partial charge on any atom is -0.465 e. The molecule has 0 aliphatic carbocycles. The van der Waals surface area contributed by atoms with Gasteiger partial charge >= 0.3 is 6.09 Å². The number of piperidine rings is 1. The average Bonchev–Trinajstić information content (AvgIpc) is 2.40. The number of amides is 1. The Bertz CT molecular complexity index is 161. The molecule has 2 unspecified atom stereocenters. The predicted octanol–water partition coefficient (Wildman–Crippen LogP) is 0.0581. The summed E-state index contributed by atoms with van der Waals surface area (Å²) < 4.78 is 0. The van der Waals surface area contributed by atoms with E-state index in [1.807, 2.05) is 0 Å². The van der Waals surface area contributed by atoms with E-state index in [4.69, 9.17) is 5.11 Å². The van der Waals surface area contributed by atoms with E-state index < -0.39 is 6.09 Å². The number of carboxylic acid groups (broad SMARTS) is 1. The van der Waals surface area contributed by atoms with Crippen LogP contribution in [0.3, 0.4) is 0 Å². The molecule has 2 saturated heterocycles. The Kier molecular flexibility index (Phi) is 1.11. The van der Waals surface area contributed by atoms with Crippen LogP contribution in [0.2, 0.25) is 0 Å². The van der Waals surface area contributed by atoms with E-state index in [2.05, 4.69) is 10.2 Å². The Morgan fingerprint density at radius 1 is 1.70 bits per heavy atom. The molecular weight excluding hydrogens is 132 g/mol. The lowest BCUT2D eigenvalue weighted by atomic mass is 10.2. The molecule has 0 aromatic heterocycles. The minimum atomic E-state index is -0.903. The third-order valence-electron chi connectivity index (χ3n) is 2.25. The van der Waals surface area contributed by atoms with Gasteiger partial charge in [0.25, 0.3) is 0 Å². The molecule has 0 saturated carbocycles. The van der Waals surface area contributed by atoms with Gasteiger partial charge in [0.1, 0.15) is 6.17 Å². The zero-order chi connectivity index (χ0) is 7.14. The first-order valence-corrected chi connectivity index (χ1v) is 3.54. The lowest BCUT2D eigenvalue weighted by Gasteiger charge is -2.00. The Morgan fingerprint density at radius 3 is 3.00 bits per heavy atom. The number of rotatable bonds is 1. The summed E-state index contributed by atoms with van der Waals surface area (Å²) in [7, 11) is 0. The van der Waals surface area contributed by atoms with Crippen LogP contribution in [0.5, 0.6) is 0 Å². The molecule has 3 atom stereocenters. The average molecular weight is 142 g/mol. The second kappa shape index (κ2) is 1.85. The molecular formula is C6H10N2O2. The second-order valence-electron chi connectivity index (χ2n) is 2.84. The van der Waals surface area contributed by atoms with Gasteiger partial charge in [0.2, 0.25) is 0 Å². The monoisotopic (exact) mass is 142 g/mol. The molecule has 0 aromatic rings. The maximum Gasteiger partial charge on any atom is 0.405 e. The zero-order valence-corrected chi connectivity index (χ0v) is 5.58. The van der Waals surface area contributed by atoms with Gasteiger partial charge in [-0.25, -0.2) is 4.79 Å². The van der Waals surface area contributed by atoms with Gasteiger partial charge in [-0.15, -0.1) is 0 Å². The lowest BCUT2D eigenvalue weighted by molar-refractivity contribution is 0.191. The number of nitrogens with zero attached hydrogens (tertiary/aromatic N) is 1. The van der Waals surface area contributed by atoms with Gasteiger partial charge < -0.3 is 10.4 Å². The van der Waals surface area contributed by atoms with Crippen LogP contribution in [0.25, 0.3) is 0 Å². The van der Waals surface area contributed by atoms with Crippen LogP contribution in [-0.2, 0) is 0 Å². The maximum atomic E-state index is 10.1. The summed E-state index contributed by atoms with van der Waals surface area (Å²) in [4.78, 5) is 12.3. The molecule has 0 radical (unpaired) electrons. The molecule has 56 valence electrons. The summed E-state index contributed by atoms with van der Waals surface area (Å²) in [6, 6.07) is 0.524. The van der Waals surface area contributed by atoms with Crippen LogP contribution in [-0.4, -0.2) is 34.9 Å². The van der Waals surface area contributed by atoms with Gasteiger partial charge in [0.15, 0.2) is 0 Å². The van der Waals surface area contributed by atoms with Gasteiger partial charge in [-0.3, -0.25) is 4.90 Å². The highest BCUT2D eigenvalue weighted by Crippen LogP contribution is 2.35. The molecule has 0 bridgehead atoms. The van der Waals surface area contributed by atoms with Gasteiger partial charge in [0, 0.05) is 12.6 Å². The van der Waals surface area contributed by atoms with Crippen LogP contribution in [0.1, 0.15) is 12.8 Å². The zero-order valence-electron chi connectivity index (χ0n) is 5.58. The molecule has 1 amide bonds. The van der Waals surface area contributed by atoms with Crippen molar-refractivity contribution in [2.75, 3.05) is 6.54 Å². The summed E-state index contributed by atoms with van der Waals surface area (Å²) in [5.41, 5.74) is 0. The van der Waals surface area contributed by atoms with Crippen LogP contribution in [0.15, 0.2) is 0 Å². The molecule has 4 nitrogen and oxygen atoms in total. The second-order valence-corrected chi connectivity index (χ2v) is 2.84. The highest BCUT2D eigenvalue weighted by Gasteiger charge is 2.51. The van der Waals surface area contributed by atoms with Gasteiger partial charge in [0.05, 0.1) is 0 Å². The van der Waals surface area contributed by atoms with Crippen molar-refractivity contribution in [1.29, 1.82) is 0 Å². The fraction of sp³-hybridized carbons (Fsp3) is 0.833. The topological polar surface area (TPSA) is 52.3 Å². The smallest absolute Gasteiger partial charge is 0.405 e. The first-order chi connectivity index (χ1) is 4.79. The molecule has 0 spiro atoms. The van der Waals surface area contributed by atoms with E-state index in [-0.39, 0.29) is 6.17 Å². The quantitative estimate of drug-likeness (QED) is 0.509. The maximum absolute atomic E-state index is 10.1. The van der Waals surface area contributed by atoms with Gasteiger partial charge in [-0.2, -0.15) is 0 Å². The van der Waals surface area contributed by atoms with Crippen molar-refractivity contribution in [3.05, 3.63) is 0 Å². The fourth-order valence-corrected chi connectivity index (χ4v) is 1.75. The van der Waals surface area contributed by atoms with Crippen LogP contribution >= 0.6 is 0 Å². The lowest BCUT2D eigenvalue weighted by Crippen LogP contribution is -2.29. The molecule has 10 heavy (non-hydrogen) atoms. The number of carbonyl (C=O) groups is 1. The number of hydrogen-bond acceptors (Lipinski definition) is 2. The number of nitrogens with one attached hydrogen (secondary N) is 1. The fourth-order valence-electron chi connectivity index (χ4n) is 1.75. The van der Waals surface area contributed by atoms with E-state index in [1.165, 1.54) is 6.42 Å². The highest BCUT2D eigenvalue weighted by molar-refractivity contribution is 5.65. The Labute approximate surface area is 58.8 Å². The van der Waals surface area contributed by atoms with Gasteiger partial charge in [-0.05, 0) is 12.8 Å². The molecule has 2 rings (SSSR count).